The Balaban J connectivity index is 1.53. The highest BCUT2D eigenvalue weighted by molar-refractivity contribution is 7.95. The van der Waals surface area contributed by atoms with Crippen LogP contribution < -0.4 is 20.3 Å². The zero-order valence-corrected chi connectivity index (χ0v) is 30.4. The number of carbonyl (C=O) groups is 2. The molecular weight excluding hydrogens is 721 g/mol. The van der Waals surface area contributed by atoms with Gasteiger partial charge in [0.1, 0.15) is 31.8 Å². The van der Waals surface area contributed by atoms with E-state index in [0.29, 0.717) is 30.1 Å². The molecule has 2 aromatic carbocycles. The van der Waals surface area contributed by atoms with Crippen molar-refractivity contribution in [2.24, 2.45) is 10.3 Å². The number of nitrogens with two attached hydrogens (primary N) is 2. The number of amides is 1. The second-order valence-corrected chi connectivity index (χ2v) is 18.2. The second-order valence-electron chi connectivity index (χ2n) is 11.3. The number of anilines is 1. The maximum atomic E-state index is 13.3. The van der Waals surface area contributed by atoms with Gasteiger partial charge < -0.3 is 24.4 Å². The first-order valence-electron chi connectivity index (χ1n) is 15.1. The SMILES string of the molecule is CCCNc1cc(C(=O)OC(C)COC(=O)N(CC)[C@H]2C[C@H](C)S(=O)(=O)c3sc(S(N)(=O)=O)cc32)cc(S(N)(=O)=O)c1Oc1ccccc1. The number of primary sulfonamides is 2. The van der Waals surface area contributed by atoms with E-state index < -0.39 is 70.8 Å². The Labute approximate surface area is 289 Å². The molecule has 3 atom stereocenters. The van der Waals surface area contributed by atoms with Crippen molar-refractivity contribution in [3.05, 3.63) is 59.7 Å². The van der Waals surface area contributed by atoms with Gasteiger partial charge in [0.25, 0.3) is 0 Å². The molecule has 49 heavy (non-hydrogen) atoms. The van der Waals surface area contributed by atoms with E-state index >= 15 is 0 Å². The van der Waals surface area contributed by atoms with Crippen molar-refractivity contribution in [1.29, 1.82) is 0 Å². The van der Waals surface area contributed by atoms with Gasteiger partial charge in [-0.25, -0.2) is 45.1 Å². The third-order valence-corrected chi connectivity index (χ3v) is 13.7. The molecule has 0 saturated heterocycles. The predicted octanol–water partition coefficient (Wildman–Crippen LogP) is 3.97. The molecule has 19 heteroatoms. The Morgan fingerprint density at radius 2 is 1.73 bits per heavy atom. The zero-order valence-electron chi connectivity index (χ0n) is 27.1. The second kappa shape index (κ2) is 15.0. The molecule has 1 aromatic heterocycles. The molecular formula is C30H38N4O11S4. The summed E-state index contributed by atoms with van der Waals surface area (Å²) in [5, 5.41) is 12.9. The van der Waals surface area contributed by atoms with Gasteiger partial charge in [0.05, 0.1) is 22.5 Å². The molecule has 5 N–H and O–H groups in total. The summed E-state index contributed by atoms with van der Waals surface area (Å²) in [7, 11) is -12.5. The largest absolute Gasteiger partial charge is 0.455 e. The van der Waals surface area contributed by atoms with E-state index in [9.17, 15) is 34.8 Å². The Hall–Kier alpha value is -3.75. The predicted molar refractivity (Wildman–Crippen MR) is 181 cm³/mol. The summed E-state index contributed by atoms with van der Waals surface area (Å²) in [5.41, 5.74) is 0.150. The number of nitrogens with one attached hydrogen (secondary N) is 1. The van der Waals surface area contributed by atoms with Gasteiger partial charge in [-0.2, -0.15) is 0 Å². The lowest BCUT2D eigenvalue weighted by Gasteiger charge is -2.35. The summed E-state index contributed by atoms with van der Waals surface area (Å²) in [6.45, 7) is 6.52. The third-order valence-electron chi connectivity index (χ3n) is 7.51. The van der Waals surface area contributed by atoms with Crippen LogP contribution in [0.1, 0.15) is 62.5 Å². The van der Waals surface area contributed by atoms with E-state index in [4.69, 9.17) is 24.5 Å². The van der Waals surface area contributed by atoms with Crippen molar-refractivity contribution in [2.45, 2.75) is 71.2 Å². The van der Waals surface area contributed by atoms with Crippen molar-refractivity contribution in [1.82, 2.24) is 4.90 Å². The Morgan fingerprint density at radius 3 is 2.33 bits per heavy atom. The number of fused-ring (bicyclic) bond motifs is 1. The molecule has 0 saturated carbocycles. The van der Waals surface area contributed by atoms with Crippen molar-refractivity contribution >= 4 is 59.0 Å². The summed E-state index contributed by atoms with van der Waals surface area (Å²) < 4.78 is 91.6. The smallest absolute Gasteiger partial charge is 0.410 e. The lowest BCUT2D eigenvalue weighted by atomic mass is 10.0. The minimum atomic E-state index is -4.39. The van der Waals surface area contributed by atoms with E-state index in [2.05, 4.69) is 5.32 Å². The van der Waals surface area contributed by atoms with E-state index in [1.165, 1.54) is 30.9 Å². The van der Waals surface area contributed by atoms with Crippen LogP contribution in [0, 0.1) is 0 Å². The summed E-state index contributed by atoms with van der Waals surface area (Å²) in [6.07, 6.45) is -1.23. The van der Waals surface area contributed by atoms with Crippen LogP contribution in [0.4, 0.5) is 10.5 Å². The molecule has 1 aliphatic rings. The maximum absolute atomic E-state index is 13.3. The topological polar surface area (TPSA) is 232 Å². The van der Waals surface area contributed by atoms with Crippen molar-refractivity contribution < 1.29 is 49.1 Å². The fraction of sp³-hybridized carbons (Fsp3) is 0.400. The first-order valence-corrected chi connectivity index (χ1v) is 20.6. The van der Waals surface area contributed by atoms with Gasteiger partial charge in [-0.05, 0) is 63.9 Å². The highest BCUT2D eigenvalue weighted by Gasteiger charge is 2.43. The highest BCUT2D eigenvalue weighted by atomic mass is 32.3. The Bertz CT molecular complexity index is 2030. The van der Waals surface area contributed by atoms with Crippen LogP contribution in [-0.2, 0) is 39.4 Å². The summed E-state index contributed by atoms with van der Waals surface area (Å²) >= 11 is 0.533. The van der Waals surface area contributed by atoms with Crippen LogP contribution in [0.3, 0.4) is 0 Å². The quantitative estimate of drug-likeness (QED) is 0.210. The number of nitrogens with zero attached hydrogens (tertiary/aromatic N) is 1. The maximum Gasteiger partial charge on any atom is 0.410 e. The lowest BCUT2D eigenvalue weighted by molar-refractivity contribution is 0.00737. The summed E-state index contributed by atoms with van der Waals surface area (Å²) in [5.74, 6) is -0.699. The van der Waals surface area contributed by atoms with Crippen molar-refractivity contribution in [2.75, 3.05) is 25.0 Å². The molecule has 1 aliphatic heterocycles. The van der Waals surface area contributed by atoms with E-state index in [-0.39, 0.29) is 43.9 Å². The molecule has 3 aromatic rings. The number of esters is 1. The number of ether oxygens (including phenoxy) is 3. The first-order chi connectivity index (χ1) is 22.9. The number of sulfonamides is 2. The molecule has 4 rings (SSSR count). The minimum absolute atomic E-state index is 0.0195. The first kappa shape index (κ1) is 38.1. The fourth-order valence-corrected chi connectivity index (χ4v) is 10.2. The molecule has 1 amide bonds. The van der Waals surface area contributed by atoms with Gasteiger partial charge in [-0.15, -0.1) is 11.3 Å². The van der Waals surface area contributed by atoms with Crippen LogP contribution in [-0.4, -0.2) is 73.3 Å². The number of benzene rings is 2. The molecule has 0 aliphatic carbocycles. The van der Waals surface area contributed by atoms with Gasteiger partial charge in [-0.1, -0.05) is 25.1 Å². The number of thiophene rings is 1. The Kier molecular flexibility index (Phi) is 11.7. The average molecular weight is 759 g/mol. The lowest BCUT2D eigenvalue weighted by Crippen LogP contribution is -2.41. The van der Waals surface area contributed by atoms with Gasteiger partial charge >= 0.3 is 12.1 Å². The zero-order chi connectivity index (χ0) is 36.3. The molecule has 0 bridgehead atoms. The van der Waals surface area contributed by atoms with Crippen LogP contribution in [0.2, 0.25) is 0 Å². The molecule has 1 unspecified atom stereocenters. The summed E-state index contributed by atoms with van der Waals surface area (Å²) in [4.78, 5) is 27.3. The van der Waals surface area contributed by atoms with Gasteiger partial charge in [-0.3, -0.25) is 0 Å². The minimum Gasteiger partial charge on any atom is -0.455 e. The monoisotopic (exact) mass is 758 g/mol. The molecule has 2 heterocycles. The standard InChI is InChI=1S/C30H38N4O11S4/c1-5-12-33-23-14-20(15-25(48(31,39)40)27(23)45-21-10-8-7-9-11-21)28(35)44-18(3)17-43-30(36)34(6-2)24-13-19(4)47(37,38)29-22(24)16-26(46-29)49(32,41)42/h7-11,14-16,18-19,24,33H,5-6,12-13,17H2,1-4H3,(H2,31,39,40)(H2,32,41,42)/t18?,19-,24-/m0/s1. The van der Waals surface area contributed by atoms with E-state index in [1.807, 2.05) is 6.92 Å². The molecule has 0 radical (unpaired) electrons. The van der Waals surface area contributed by atoms with Crippen LogP contribution in [0.15, 0.2) is 61.8 Å². The van der Waals surface area contributed by atoms with E-state index in [0.717, 1.165) is 6.07 Å². The van der Waals surface area contributed by atoms with Crippen molar-refractivity contribution in [3.63, 3.8) is 0 Å². The molecule has 268 valence electrons. The number of para-hydroxylation sites is 1. The fourth-order valence-electron chi connectivity index (χ4n) is 5.07. The molecule has 0 spiro atoms. The van der Waals surface area contributed by atoms with E-state index in [1.54, 1.807) is 37.3 Å². The molecule has 0 fully saturated rings. The number of rotatable bonds is 13. The highest BCUT2D eigenvalue weighted by Crippen LogP contribution is 2.45. The Morgan fingerprint density at radius 1 is 1.06 bits per heavy atom. The van der Waals surface area contributed by atoms with Crippen molar-refractivity contribution in [3.8, 4) is 11.5 Å². The van der Waals surface area contributed by atoms with Crippen LogP contribution >= 0.6 is 11.3 Å². The molecule has 15 nitrogen and oxygen atoms in total. The van der Waals surface area contributed by atoms with Gasteiger partial charge in [0.2, 0.25) is 20.0 Å². The van der Waals surface area contributed by atoms with Gasteiger partial charge in [0, 0.05) is 18.7 Å². The number of hydrogen-bond donors (Lipinski definition) is 3. The third kappa shape index (κ3) is 8.71. The van der Waals surface area contributed by atoms with Crippen LogP contribution in [0.5, 0.6) is 11.5 Å². The van der Waals surface area contributed by atoms with Crippen LogP contribution in [0.25, 0.3) is 0 Å². The number of sulfone groups is 1. The summed E-state index contributed by atoms with van der Waals surface area (Å²) in [6, 6.07) is 11.2. The van der Waals surface area contributed by atoms with Gasteiger partial charge in [0.15, 0.2) is 15.6 Å². The average Bonchev–Trinajstić information content (AvgIpc) is 3.50. The number of carbonyl (C=O) groups excluding carboxylic acids is 2. The number of hydrogen-bond acceptors (Lipinski definition) is 13. The normalized spacial score (nSPS) is 17.8.